The molecule has 0 aliphatic carbocycles. The third-order valence-corrected chi connectivity index (χ3v) is 5.54. The van der Waals surface area contributed by atoms with Crippen molar-refractivity contribution in [1.29, 1.82) is 0 Å². The fraction of sp³-hybridized carbons (Fsp3) is 0.667. The Morgan fingerprint density at radius 3 is 2.76 bits per heavy atom. The highest BCUT2D eigenvalue weighted by Crippen LogP contribution is 2.37. The van der Waals surface area contributed by atoms with E-state index >= 15 is 0 Å². The number of hydrogen-bond acceptors (Lipinski definition) is 5. The van der Waals surface area contributed by atoms with Gasteiger partial charge in [0.1, 0.15) is 0 Å². The number of rotatable bonds is 4. The van der Waals surface area contributed by atoms with Gasteiger partial charge in [-0.1, -0.05) is 0 Å². The second-order valence-corrected chi connectivity index (χ2v) is 7.62. The van der Waals surface area contributed by atoms with Gasteiger partial charge in [0.05, 0.1) is 41.5 Å². The smallest absolute Gasteiger partial charge is 0.0729 e. The van der Waals surface area contributed by atoms with Crippen LogP contribution in [0.1, 0.15) is 30.7 Å². The molecule has 7 nitrogen and oxygen atoms in total. The zero-order valence-corrected chi connectivity index (χ0v) is 15.4. The third-order valence-electron chi connectivity index (χ3n) is 5.54. The Kier molecular flexibility index (Phi) is 4.29. The van der Waals surface area contributed by atoms with Crippen LogP contribution in [0.4, 0.5) is 5.69 Å². The van der Waals surface area contributed by atoms with Gasteiger partial charge in [0.25, 0.3) is 0 Å². The number of likely N-dealkylation sites (tertiary alicyclic amines) is 1. The molecule has 0 radical (unpaired) electrons. The van der Waals surface area contributed by atoms with Crippen molar-refractivity contribution in [1.82, 2.24) is 24.5 Å². The summed E-state index contributed by atoms with van der Waals surface area (Å²) in [6.07, 6.45) is 7.19. The van der Waals surface area contributed by atoms with Gasteiger partial charge in [0.15, 0.2) is 0 Å². The third kappa shape index (κ3) is 3.57. The van der Waals surface area contributed by atoms with Gasteiger partial charge in [-0.05, 0) is 32.3 Å². The minimum Gasteiger partial charge on any atom is -0.377 e. The van der Waals surface area contributed by atoms with Crippen molar-refractivity contribution in [3.63, 3.8) is 0 Å². The zero-order chi connectivity index (χ0) is 17.4. The van der Waals surface area contributed by atoms with E-state index in [0.29, 0.717) is 6.04 Å². The summed E-state index contributed by atoms with van der Waals surface area (Å²) in [6.45, 7) is 5.99. The summed E-state index contributed by atoms with van der Waals surface area (Å²) in [5.74, 6) is 0. The number of nitrogens with one attached hydrogen (secondary N) is 1. The van der Waals surface area contributed by atoms with E-state index in [4.69, 9.17) is 4.74 Å². The molecule has 4 heterocycles. The molecular weight excluding hydrogens is 316 g/mol. The van der Waals surface area contributed by atoms with Gasteiger partial charge in [0, 0.05) is 39.9 Å². The van der Waals surface area contributed by atoms with Gasteiger partial charge in [0.2, 0.25) is 0 Å². The second kappa shape index (κ2) is 6.46. The highest BCUT2D eigenvalue weighted by Gasteiger charge is 2.42. The van der Waals surface area contributed by atoms with Crippen LogP contribution in [0, 0.1) is 6.92 Å². The van der Waals surface area contributed by atoms with Gasteiger partial charge in [-0.25, -0.2) is 0 Å². The van der Waals surface area contributed by atoms with E-state index in [0.717, 1.165) is 56.9 Å². The first-order valence-electron chi connectivity index (χ1n) is 9.12. The Balaban J connectivity index is 1.30. The SMILES string of the molecule is Cc1cc(CN2CCC3(CC2)CC(Nc2cnn(C)c2)CO3)n(C)n1. The molecule has 2 aromatic heterocycles. The molecule has 2 fully saturated rings. The van der Waals surface area contributed by atoms with Crippen LogP contribution in [0.3, 0.4) is 0 Å². The Bertz CT molecular complexity index is 728. The van der Waals surface area contributed by atoms with E-state index in [2.05, 4.69) is 33.4 Å². The summed E-state index contributed by atoms with van der Waals surface area (Å²) in [4.78, 5) is 2.52. The summed E-state index contributed by atoms with van der Waals surface area (Å²) in [5, 5.41) is 12.2. The molecule has 1 spiro atoms. The predicted molar refractivity (Wildman–Crippen MR) is 96.4 cm³/mol. The molecule has 25 heavy (non-hydrogen) atoms. The molecule has 2 aromatic rings. The highest BCUT2D eigenvalue weighted by molar-refractivity contribution is 5.39. The van der Waals surface area contributed by atoms with Crippen molar-refractivity contribution in [2.45, 2.75) is 44.4 Å². The molecule has 0 bridgehead atoms. The lowest BCUT2D eigenvalue weighted by Gasteiger charge is -2.38. The average Bonchev–Trinajstić information content (AvgIpc) is 3.24. The van der Waals surface area contributed by atoms with E-state index in [9.17, 15) is 0 Å². The Morgan fingerprint density at radius 2 is 2.12 bits per heavy atom. The summed E-state index contributed by atoms with van der Waals surface area (Å²) in [7, 11) is 3.97. The summed E-state index contributed by atoms with van der Waals surface area (Å²) in [6, 6.07) is 2.57. The Morgan fingerprint density at radius 1 is 1.32 bits per heavy atom. The molecule has 2 aliphatic heterocycles. The maximum atomic E-state index is 6.27. The lowest BCUT2D eigenvalue weighted by Crippen LogP contribution is -2.44. The van der Waals surface area contributed by atoms with E-state index in [1.54, 1.807) is 0 Å². The number of aromatic nitrogens is 4. The highest BCUT2D eigenvalue weighted by atomic mass is 16.5. The molecule has 2 saturated heterocycles. The van der Waals surface area contributed by atoms with Crippen molar-refractivity contribution in [3.05, 3.63) is 29.8 Å². The molecule has 2 aliphatic rings. The van der Waals surface area contributed by atoms with E-state index in [-0.39, 0.29) is 5.60 Å². The average molecular weight is 344 g/mol. The molecular formula is C18H28N6O. The minimum atomic E-state index is 0.0543. The minimum absolute atomic E-state index is 0.0543. The zero-order valence-electron chi connectivity index (χ0n) is 15.4. The van der Waals surface area contributed by atoms with E-state index < -0.39 is 0 Å². The van der Waals surface area contributed by atoms with Crippen LogP contribution in [0.5, 0.6) is 0 Å². The van der Waals surface area contributed by atoms with Gasteiger partial charge in [-0.2, -0.15) is 10.2 Å². The van der Waals surface area contributed by atoms with Crippen molar-refractivity contribution >= 4 is 5.69 Å². The first-order valence-corrected chi connectivity index (χ1v) is 9.12. The van der Waals surface area contributed by atoms with Crippen LogP contribution in [0.25, 0.3) is 0 Å². The van der Waals surface area contributed by atoms with Crippen molar-refractivity contribution in [3.8, 4) is 0 Å². The number of aryl methyl sites for hydroxylation is 3. The van der Waals surface area contributed by atoms with Crippen LogP contribution in [-0.4, -0.2) is 55.8 Å². The molecule has 0 aromatic carbocycles. The predicted octanol–water partition coefficient (Wildman–Crippen LogP) is 1.70. The maximum Gasteiger partial charge on any atom is 0.0729 e. The van der Waals surface area contributed by atoms with E-state index in [1.165, 1.54) is 5.69 Å². The lowest BCUT2D eigenvalue weighted by molar-refractivity contribution is -0.0451. The molecule has 136 valence electrons. The Hall–Kier alpha value is -1.86. The van der Waals surface area contributed by atoms with Crippen LogP contribution < -0.4 is 5.32 Å². The molecule has 1 N–H and O–H groups in total. The maximum absolute atomic E-state index is 6.27. The number of nitrogens with zero attached hydrogens (tertiary/aromatic N) is 5. The topological polar surface area (TPSA) is 60.1 Å². The second-order valence-electron chi connectivity index (χ2n) is 7.62. The van der Waals surface area contributed by atoms with Crippen molar-refractivity contribution in [2.75, 3.05) is 25.0 Å². The largest absolute Gasteiger partial charge is 0.377 e. The van der Waals surface area contributed by atoms with Crippen LogP contribution >= 0.6 is 0 Å². The Labute approximate surface area is 148 Å². The molecule has 7 heteroatoms. The first-order chi connectivity index (χ1) is 12.0. The molecule has 1 unspecified atom stereocenters. The normalized spacial score (nSPS) is 23.4. The van der Waals surface area contributed by atoms with Crippen molar-refractivity contribution < 1.29 is 4.74 Å². The molecule has 1 atom stereocenters. The van der Waals surface area contributed by atoms with Gasteiger partial charge < -0.3 is 10.1 Å². The van der Waals surface area contributed by atoms with Crippen molar-refractivity contribution in [2.24, 2.45) is 14.1 Å². The van der Waals surface area contributed by atoms with Crippen LogP contribution in [0.15, 0.2) is 18.5 Å². The van der Waals surface area contributed by atoms with Gasteiger partial charge in [-0.3, -0.25) is 14.3 Å². The van der Waals surface area contributed by atoms with Gasteiger partial charge >= 0.3 is 0 Å². The quantitative estimate of drug-likeness (QED) is 0.915. The summed E-state index contributed by atoms with van der Waals surface area (Å²) in [5.41, 5.74) is 3.52. The van der Waals surface area contributed by atoms with Crippen LogP contribution in [-0.2, 0) is 25.4 Å². The summed E-state index contributed by atoms with van der Waals surface area (Å²) >= 11 is 0. The lowest BCUT2D eigenvalue weighted by atomic mass is 9.87. The monoisotopic (exact) mass is 344 g/mol. The first kappa shape index (κ1) is 16.6. The molecule has 0 amide bonds. The van der Waals surface area contributed by atoms with E-state index in [1.807, 2.05) is 35.9 Å². The molecule has 4 rings (SSSR count). The number of hydrogen-bond donors (Lipinski definition) is 1. The fourth-order valence-electron chi connectivity index (χ4n) is 4.18. The van der Waals surface area contributed by atoms with Gasteiger partial charge in [-0.15, -0.1) is 0 Å². The number of anilines is 1. The fourth-order valence-corrected chi connectivity index (χ4v) is 4.18. The number of ether oxygens (including phenoxy) is 1. The standard InChI is InChI=1S/C18H28N6O/c1-14-8-17(23(3)21-14)12-24-6-4-18(5-7-24)9-15(13-25-18)20-16-10-19-22(2)11-16/h8,10-11,15,20H,4-7,9,12-13H2,1-3H3. The molecule has 0 saturated carbocycles. The van der Waals surface area contributed by atoms with Crippen LogP contribution in [0.2, 0.25) is 0 Å². The number of piperidine rings is 1. The summed E-state index contributed by atoms with van der Waals surface area (Å²) < 4.78 is 10.1.